The molecule has 1 fully saturated rings. The number of aliphatic carboxylic acids is 1. The first-order valence-electron chi connectivity index (χ1n) is 4.82. The Morgan fingerprint density at radius 1 is 1.64 bits per heavy atom. The first-order valence-corrected chi connectivity index (χ1v) is 4.82. The number of hydrogen-bond acceptors (Lipinski definition) is 4. The summed E-state index contributed by atoms with van der Waals surface area (Å²) in [6, 6.07) is -0.560. The summed E-state index contributed by atoms with van der Waals surface area (Å²) in [5.41, 5.74) is 0. The first-order chi connectivity index (χ1) is 6.56. The third-order valence-corrected chi connectivity index (χ3v) is 2.55. The van der Waals surface area contributed by atoms with Crippen LogP contribution in [0.1, 0.15) is 13.8 Å². The minimum atomic E-state index is -0.866. The third-order valence-electron chi connectivity index (χ3n) is 2.55. The lowest BCUT2D eigenvalue weighted by atomic mass is 10.3. The monoisotopic (exact) mass is 203 g/mol. The molecule has 0 aliphatic carbocycles. The molecule has 82 valence electrons. The molecule has 2 N–H and O–H groups in total. The number of carboxylic acids is 1. The molecule has 0 aromatic rings. The second-order valence-electron chi connectivity index (χ2n) is 3.53. The lowest BCUT2D eigenvalue weighted by Crippen LogP contribution is -2.38. The van der Waals surface area contributed by atoms with E-state index in [1.807, 2.05) is 6.92 Å². The Kier molecular flexibility index (Phi) is 3.86. The van der Waals surface area contributed by atoms with E-state index in [2.05, 4.69) is 0 Å². The van der Waals surface area contributed by atoms with Crippen LogP contribution in [0.25, 0.3) is 0 Å². The fraction of sp³-hybridized carbons (Fsp3) is 0.889. The molecule has 5 nitrogen and oxygen atoms in total. The Morgan fingerprint density at radius 2 is 2.29 bits per heavy atom. The van der Waals surface area contributed by atoms with E-state index in [1.165, 1.54) is 0 Å². The van der Waals surface area contributed by atoms with Crippen LogP contribution in [-0.2, 0) is 9.53 Å². The van der Waals surface area contributed by atoms with Gasteiger partial charge in [-0.1, -0.05) is 0 Å². The Balaban J connectivity index is 2.49. The molecule has 1 aliphatic rings. The summed E-state index contributed by atoms with van der Waals surface area (Å²) in [6.45, 7) is 4.87. The Labute approximate surface area is 83.3 Å². The van der Waals surface area contributed by atoms with Crippen LogP contribution in [0, 0.1) is 0 Å². The van der Waals surface area contributed by atoms with Crippen LogP contribution in [0.2, 0.25) is 0 Å². The van der Waals surface area contributed by atoms with Crippen molar-refractivity contribution in [1.29, 1.82) is 0 Å². The van der Waals surface area contributed by atoms with E-state index in [4.69, 9.17) is 9.84 Å². The van der Waals surface area contributed by atoms with Gasteiger partial charge in [-0.15, -0.1) is 0 Å². The fourth-order valence-electron chi connectivity index (χ4n) is 1.64. The topological polar surface area (TPSA) is 70.0 Å². The number of rotatable bonds is 4. The number of hydrogen-bond donors (Lipinski definition) is 2. The number of nitrogens with zero attached hydrogens (tertiary/aromatic N) is 1. The van der Waals surface area contributed by atoms with Crippen molar-refractivity contribution >= 4 is 5.97 Å². The average molecular weight is 203 g/mol. The molecule has 14 heavy (non-hydrogen) atoms. The van der Waals surface area contributed by atoms with Gasteiger partial charge in [0, 0.05) is 19.7 Å². The maximum atomic E-state index is 10.7. The van der Waals surface area contributed by atoms with Gasteiger partial charge in [0.25, 0.3) is 0 Å². The average Bonchev–Trinajstić information content (AvgIpc) is 2.47. The second-order valence-corrected chi connectivity index (χ2v) is 3.53. The molecule has 0 bridgehead atoms. The predicted octanol–water partition coefficient (Wildman–Crippen LogP) is -0.459. The highest BCUT2D eigenvalue weighted by molar-refractivity contribution is 5.72. The van der Waals surface area contributed by atoms with Gasteiger partial charge in [-0.05, 0) is 13.8 Å². The van der Waals surface area contributed by atoms with Gasteiger partial charge in [0.2, 0.25) is 0 Å². The summed E-state index contributed by atoms with van der Waals surface area (Å²) >= 11 is 0. The van der Waals surface area contributed by atoms with Crippen molar-refractivity contribution in [3.63, 3.8) is 0 Å². The summed E-state index contributed by atoms with van der Waals surface area (Å²) in [6.07, 6.45) is -0.821. The van der Waals surface area contributed by atoms with Crippen molar-refractivity contribution in [1.82, 2.24) is 4.90 Å². The third kappa shape index (κ3) is 2.43. The summed E-state index contributed by atoms with van der Waals surface area (Å²) in [4.78, 5) is 12.4. The van der Waals surface area contributed by atoms with E-state index in [-0.39, 0.29) is 6.10 Å². The highest BCUT2D eigenvalue weighted by atomic mass is 16.5. The lowest BCUT2D eigenvalue weighted by molar-refractivity contribution is -0.142. The van der Waals surface area contributed by atoms with Crippen molar-refractivity contribution in [2.45, 2.75) is 32.1 Å². The summed E-state index contributed by atoms with van der Waals surface area (Å²) < 4.78 is 5.29. The second kappa shape index (κ2) is 4.72. The number of aliphatic hydroxyl groups is 1. The van der Waals surface area contributed by atoms with Crippen LogP contribution < -0.4 is 0 Å². The zero-order chi connectivity index (χ0) is 10.7. The zero-order valence-electron chi connectivity index (χ0n) is 8.51. The highest BCUT2D eigenvalue weighted by Gasteiger charge is 2.36. The molecule has 0 saturated carbocycles. The molecule has 0 amide bonds. The quantitative estimate of drug-likeness (QED) is 0.647. The highest BCUT2D eigenvalue weighted by Crippen LogP contribution is 2.16. The molecule has 1 rings (SSSR count). The SMILES string of the molecule is CCO[C@@H]1CN([C@H](C)C(=O)O)C[C@@H]1O. The van der Waals surface area contributed by atoms with Gasteiger partial charge >= 0.3 is 5.97 Å². The van der Waals surface area contributed by atoms with Gasteiger partial charge in [0.15, 0.2) is 0 Å². The van der Waals surface area contributed by atoms with Crippen LogP contribution in [0.3, 0.4) is 0 Å². The minimum Gasteiger partial charge on any atom is -0.480 e. The maximum absolute atomic E-state index is 10.7. The number of aliphatic hydroxyl groups excluding tert-OH is 1. The van der Waals surface area contributed by atoms with Gasteiger partial charge in [-0.2, -0.15) is 0 Å². The molecule has 1 heterocycles. The molecule has 3 atom stereocenters. The van der Waals surface area contributed by atoms with Crippen LogP contribution in [-0.4, -0.2) is 59.0 Å². The van der Waals surface area contributed by atoms with E-state index in [0.717, 1.165) is 0 Å². The minimum absolute atomic E-state index is 0.248. The Hall–Kier alpha value is -0.650. The normalized spacial score (nSPS) is 30.5. The molecule has 1 saturated heterocycles. The largest absolute Gasteiger partial charge is 0.480 e. The molecule has 0 radical (unpaired) electrons. The number of carbonyl (C=O) groups is 1. The molecule has 0 aromatic carbocycles. The molecule has 0 aromatic heterocycles. The summed E-state index contributed by atoms with van der Waals surface area (Å²) in [5.74, 6) is -0.866. The van der Waals surface area contributed by atoms with E-state index in [1.54, 1.807) is 11.8 Å². The summed E-state index contributed by atoms with van der Waals surface area (Å²) in [7, 11) is 0. The maximum Gasteiger partial charge on any atom is 0.320 e. The van der Waals surface area contributed by atoms with Crippen molar-refractivity contribution in [2.75, 3.05) is 19.7 Å². The van der Waals surface area contributed by atoms with E-state index in [9.17, 15) is 9.90 Å². The molecular weight excluding hydrogens is 186 g/mol. The fourth-order valence-corrected chi connectivity index (χ4v) is 1.64. The Morgan fingerprint density at radius 3 is 2.79 bits per heavy atom. The van der Waals surface area contributed by atoms with Crippen molar-refractivity contribution < 1.29 is 19.7 Å². The first kappa shape index (κ1) is 11.4. The molecule has 0 spiro atoms. The van der Waals surface area contributed by atoms with E-state index < -0.39 is 18.1 Å². The van der Waals surface area contributed by atoms with Crippen molar-refractivity contribution in [3.8, 4) is 0 Å². The van der Waals surface area contributed by atoms with E-state index >= 15 is 0 Å². The van der Waals surface area contributed by atoms with Gasteiger partial charge in [0.1, 0.15) is 6.04 Å². The summed E-state index contributed by atoms with van der Waals surface area (Å²) in [5, 5.41) is 18.3. The molecular formula is C9H17NO4. The number of ether oxygens (including phenoxy) is 1. The van der Waals surface area contributed by atoms with Gasteiger partial charge < -0.3 is 14.9 Å². The van der Waals surface area contributed by atoms with Crippen molar-refractivity contribution in [3.05, 3.63) is 0 Å². The molecule has 5 heteroatoms. The number of β-amino-alcohol motifs (C(OH)–C–C–N with tert-alkyl or cyclic N) is 1. The van der Waals surface area contributed by atoms with Crippen LogP contribution >= 0.6 is 0 Å². The van der Waals surface area contributed by atoms with Crippen LogP contribution in [0.4, 0.5) is 0 Å². The van der Waals surface area contributed by atoms with Crippen molar-refractivity contribution in [2.24, 2.45) is 0 Å². The molecule has 1 aliphatic heterocycles. The van der Waals surface area contributed by atoms with E-state index in [0.29, 0.717) is 19.7 Å². The van der Waals surface area contributed by atoms with Crippen LogP contribution in [0.5, 0.6) is 0 Å². The zero-order valence-corrected chi connectivity index (χ0v) is 8.51. The van der Waals surface area contributed by atoms with Gasteiger partial charge in [-0.3, -0.25) is 9.69 Å². The lowest BCUT2D eigenvalue weighted by Gasteiger charge is -2.19. The van der Waals surface area contributed by atoms with Gasteiger partial charge in [0.05, 0.1) is 12.2 Å². The van der Waals surface area contributed by atoms with Gasteiger partial charge in [-0.25, -0.2) is 0 Å². The number of carboxylic acid groups (broad SMARTS) is 1. The molecule has 0 unspecified atom stereocenters. The Bertz CT molecular complexity index is 209. The van der Waals surface area contributed by atoms with Crippen LogP contribution in [0.15, 0.2) is 0 Å². The standard InChI is InChI=1S/C9H17NO4/c1-3-14-8-5-10(4-7(8)11)6(2)9(12)13/h6-8,11H,3-5H2,1-2H3,(H,12,13)/t6-,7+,8-/m1/s1. The smallest absolute Gasteiger partial charge is 0.320 e. The predicted molar refractivity (Wildman–Crippen MR) is 50.1 cm³/mol. The number of likely N-dealkylation sites (tertiary alicyclic amines) is 1.